The summed E-state index contributed by atoms with van der Waals surface area (Å²) in [7, 11) is -3.71. The molecule has 2 aliphatic carbocycles. The minimum absolute atomic E-state index is 0.0275. The highest BCUT2D eigenvalue weighted by atomic mass is 32.2. The fourth-order valence-corrected chi connectivity index (χ4v) is 8.30. The van der Waals surface area contributed by atoms with Crippen LogP contribution in [0.1, 0.15) is 75.6 Å². The Kier molecular flexibility index (Phi) is 8.23. The molecular formula is C32H41N3O5S. The number of hydrogen-bond donors (Lipinski definition) is 2. The molecule has 1 aromatic heterocycles. The Hall–Kier alpha value is -2.72. The first-order chi connectivity index (χ1) is 19.8. The van der Waals surface area contributed by atoms with Crippen LogP contribution >= 0.6 is 0 Å². The summed E-state index contributed by atoms with van der Waals surface area (Å²) < 4.78 is 36.9. The van der Waals surface area contributed by atoms with Crippen molar-refractivity contribution in [2.75, 3.05) is 19.7 Å². The van der Waals surface area contributed by atoms with Crippen molar-refractivity contribution in [1.29, 1.82) is 0 Å². The summed E-state index contributed by atoms with van der Waals surface area (Å²) in [6, 6.07) is 12.9. The van der Waals surface area contributed by atoms with Gasteiger partial charge in [-0.3, -0.25) is 4.68 Å². The predicted molar refractivity (Wildman–Crippen MR) is 159 cm³/mol. The van der Waals surface area contributed by atoms with E-state index in [4.69, 9.17) is 9.84 Å². The van der Waals surface area contributed by atoms with E-state index in [0.717, 1.165) is 30.2 Å². The number of nitrogens with zero attached hydrogens (tertiary/aromatic N) is 3. The zero-order valence-corrected chi connectivity index (χ0v) is 24.6. The van der Waals surface area contributed by atoms with Gasteiger partial charge in [-0.2, -0.15) is 9.40 Å². The first-order valence-electron chi connectivity index (χ1n) is 15.1. The van der Waals surface area contributed by atoms with Crippen molar-refractivity contribution in [1.82, 2.24) is 14.1 Å². The van der Waals surface area contributed by atoms with E-state index in [1.54, 1.807) is 28.6 Å². The second-order valence-electron chi connectivity index (χ2n) is 11.9. The van der Waals surface area contributed by atoms with E-state index in [2.05, 4.69) is 18.2 Å². The third kappa shape index (κ3) is 5.82. The van der Waals surface area contributed by atoms with Gasteiger partial charge in [0.25, 0.3) is 0 Å². The summed E-state index contributed by atoms with van der Waals surface area (Å²) in [6.07, 6.45) is 9.94. The molecule has 1 saturated carbocycles. The lowest BCUT2D eigenvalue weighted by atomic mass is 9.78. The molecule has 2 heterocycles. The molecule has 6 rings (SSSR count). The quantitative estimate of drug-likeness (QED) is 0.316. The number of aliphatic hydroxyl groups excluding tert-OH is 1. The van der Waals surface area contributed by atoms with E-state index < -0.39 is 16.3 Å². The maximum Gasteiger partial charge on any atom is 0.243 e. The van der Waals surface area contributed by atoms with Gasteiger partial charge in [-0.25, -0.2) is 8.42 Å². The molecule has 1 aliphatic heterocycles. The van der Waals surface area contributed by atoms with Crippen molar-refractivity contribution in [3.8, 4) is 5.75 Å². The number of sulfonamides is 1. The SMILES string of the molecule is CCOc1ccc(S(=O)(=O)N2C[C@@H](CC3CCC3)[C@@H](n3nc(CC(O)O)c4ccc(C5=CCCCC5)cc43)C2)cc1. The van der Waals surface area contributed by atoms with E-state index in [1.165, 1.54) is 43.2 Å². The maximum absolute atomic E-state index is 13.9. The number of ether oxygens (including phenoxy) is 1. The van der Waals surface area contributed by atoms with Crippen molar-refractivity contribution in [3.05, 3.63) is 59.8 Å². The molecule has 2 fully saturated rings. The van der Waals surface area contributed by atoms with E-state index in [1.807, 2.05) is 17.7 Å². The Bertz CT molecular complexity index is 1510. The third-order valence-corrected chi connectivity index (χ3v) is 11.0. The topological polar surface area (TPSA) is 105 Å². The fourth-order valence-electron chi connectivity index (χ4n) is 6.78. The molecule has 3 aromatic rings. The molecule has 0 bridgehead atoms. The normalized spacial score (nSPS) is 22.3. The fraction of sp³-hybridized carbons (Fsp3) is 0.531. The Morgan fingerprint density at radius 2 is 1.85 bits per heavy atom. The van der Waals surface area contributed by atoms with Gasteiger partial charge in [-0.15, -0.1) is 0 Å². The van der Waals surface area contributed by atoms with Gasteiger partial charge < -0.3 is 14.9 Å². The van der Waals surface area contributed by atoms with Gasteiger partial charge in [0.2, 0.25) is 10.0 Å². The molecule has 1 saturated heterocycles. The van der Waals surface area contributed by atoms with Crippen LogP contribution in [0, 0.1) is 11.8 Å². The smallest absolute Gasteiger partial charge is 0.243 e. The second-order valence-corrected chi connectivity index (χ2v) is 13.8. The molecule has 9 heteroatoms. The first kappa shape index (κ1) is 28.4. The van der Waals surface area contributed by atoms with Gasteiger partial charge in [0.15, 0.2) is 6.29 Å². The average molecular weight is 580 g/mol. The molecule has 41 heavy (non-hydrogen) atoms. The van der Waals surface area contributed by atoms with Gasteiger partial charge in [0, 0.05) is 24.9 Å². The number of rotatable bonds is 10. The van der Waals surface area contributed by atoms with Crippen LogP contribution in [-0.2, 0) is 16.4 Å². The summed E-state index contributed by atoms with van der Waals surface area (Å²) >= 11 is 0. The minimum atomic E-state index is -3.71. The van der Waals surface area contributed by atoms with E-state index in [0.29, 0.717) is 37.1 Å². The lowest BCUT2D eigenvalue weighted by Gasteiger charge is -2.30. The number of aromatic nitrogens is 2. The molecule has 0 spiro atoms. The number of allylic oxidation sites excluding steroid dienone is 2. The summed E-state index contributed by atoms with van der Waals surface area (Å²) in [5.41, 5.74) is 4.08. The van der Waals surface area contributed by atoms with E-state index in [9.17, 15) is 18.6 Å². The zero-order chi connectivity index (χ0) is 28.6. The Balaban J connectivity index is 1.38. The molecule has 0 unspecified atom stereocenters. The Labute approximate surface area is 242 Å². The molecule has 3 aliphatic rings. The van der Waals surface area contributed by atoms with E-state index in [-0.39, 0.29) is 23.3 Å². The number of fused-ring (bicyclic) bond motifs is 1. The molecule has 2 N–H and O–H groups in total. The lowest BCUT2D eigenvalue weighted by molar-refractivity contribution is -0.0387. The Morgan fingerprint density at radius 1 is 1.05 bits per heavy atom. The van der Waals surface area contributed by atoms with Crippen LogP contribution in [0.15, 0.2) is 53.4 Å². The first-order valence-corrected chi connectivity index (χ1v) is 16.6. The number of aliphatic hydroxyl groups is 2. The van der Waals surface area contributed by atoms with Crippen molar-refractivity contribution in [2.45, 2.75) is 81.9 Å². The molecule has 2 aromatic carbocycles. The van der Waals surface area contributed by atoms with Crippen LogP contribution in [-0.4, -0.2) is 58.7 Å². The van der Waals surface area contributed by atoms with Crippen LogP contribution < -0.4 is 4.74 Å². The maximum atomic E-state index is 13.9. The predicted octanol–water partition coefficient (Wildman–Crippen LogP) is 5.30. The highest BCUT2D eigenvalue weighted by molar-refractivity contribution is 7.89. The van der Waals surface area contributed by atoms with Gasteiger partial charge in [0.05, 0.1) is 28.8 Å². The number of hydrogen-bond acceptors (Lipinski definition) is 6. The van der Waals surface area contributed by atoms with Gasteiger partial charge >= 0.3 is 0 Å². The van der Waals surface area contributed by atoms with Crippen LogP contribution in [0.3, 0.4) is 0 Å². The van der Waals surface area contributed by atoms with Crippen LogP contribution in [0.25, 0.3) is 16.5 Å². The summed E-state index contributed by atoms with van der Waals surface area (Å²) in [6.45, 7) is 3.20. The molecule has 220 valence electrons. The van der Waals surface area contributed by atoms with Crippen LogP contribution in [0.2, 0.25) is 0 Å². The molecular weight excluding hydrogens is 538 g/mol. The van der Waals surface area contributed by atoms with Crippen LogP contribution in [0.4, 0.5) is 0 Å². The standard InChI is InChI=1S/C32H41N3O5S/c1-2-40-26-12-14-27(15-13-26)41(38,39)34-20-25(17-22-7-6-8-22)31(21-34)35-30-18-24(23-9-4-3-5-10-23)11-16-28(30)29(33-35)19-32(36)37/h9,11-16,18,22,25,31-32,36-37H,2-8,10,17,19-21H2,1H3/t25-,31+/m1/s1. The van der Waals surface area contributed by atoms with Crippen LogP contribution in [0.5, 0.6) is 5.75 Å². The largest absolute Gasteiger partial charge is 0.494 e. The van der Waals surface area contributed by atoms with Crippen molar-refractivity contribution < 1.29 is 23.4 Å². The molecule has 2 atom stereocenters. The second kappa shape index (κ2) is 11.9. The lowest BCUT2D eigenvalue weighted by Crippen LogP contribution is -2.29. The van der Waals surface area contributed by atoms with Gasteiger partial charge in [-0.1, -0.05) is 37.5 Å². The Morgan fingerprint density at radius 3 is 2.51 bits per heavy atom. The monoisotopic (exact) mass is 579 g/mol. The molecule has 0 amide bonds. The molecule has 8 nitrogen and oxygen atoms in total. The highest BCUT2D eigenvalue weighted by Crippen LogP contribution is 2.42. The zero-order valence-electron chi connectivity index (χ0n) is 23.8. The van der Waals surface area contributed by atoms with E-state index >= 15 is 0 Å². The highest BCUT2D eigenvalue weighted by Gasteiger charge is 2.43. The average Bonchev–Trinajstić information content (AvgIpc) is 3.53. The summed E-state index contributed by atoms with van der Waals surface area (Å²) in [5.74, 6) is 1.38. The van der Waals surface area contributed by atoms with Gasteiger partial charge in [0.1, 0.15) is 5.75 Å². The van der Waals surface area contributed by atoms with Crippen molar-refractivity contribution >= 4 is 26.5 Å². The minimum Gasteiger partial charge on any atom is -0.494 e. The van der Waals surface area contributed by atoms with Gasteiger partial charge in [-0.05, 0) is 92.3 Å². The number of benzene rings is 2. The van der Waals surface area contributed by atoms with Crippen molar-refractivity contribution in [2.24, 2.45) is 11.8 Å². The summed E-state index contributed by atoms with van der Waals surface area (Å²) in [4.78, 5) is 0.268. The third-order valence-electron chi connectivity index (χ3n) is 9.14. The molecule has 0 radical (unpaired) electrons. The van der Waals surface area contributed by atoms with Crippen molar-refractivity contribution in [3.63, 3.8) is 0 Å². The summed E-state index contributed by atoms with van der Waals surface area (Å²) in [5, 5.41) is 25.5.